The second-order valence-electron chi connectivity index (χ2n) is 7.25. The highest BCUT2D eigenvalue weighted by Gasteiger charge is 2.23. The Morgan fingerprint density at radius 3 is 2.66 bits per heavy atom. The molecular formula is C22H20N4O5S. The third kappa shape index (κ3) is 4.30. The number of nitro benzene ring substituents is 1. The maximum Gasteiger partial charge on any atom is 0.340 e. The summed E-state index contributed by atoms with van der Waals surface area (Å²) in [4.78, 5) is 24.3. The van der Waals surface area contributed by atoms with Crippen LogP contribution in [0.15, 0.2) is 52.3 Å². The van der Waals surface area contributed by atoms with Crippen LogP contribution in [0.5, 0.6) is 0 Å². The molecule has 0 aliphatic heterocycles. The standard InChI is InChI=1S/C22H20N4O5S/c1-13-11-19(14(2)25(13)12-18-5-4-10-32-18)22(27)30-15(3)20-23-24-21(31-20)16-6-8-17(9-7-16)26(28)29/h4-11,15H,12H2,1-3H3. The van der Waals surface area contributed by atoms with Gasteiger partial charge >= 0.3 is 5.97 Å². The van der Waals surface area contributed by atoms with Gasteiger partial charge in [0.05, 0.1) is 17.0 Å². The van der Waals surface area contributed by atoms with Crippen molar-refractivity contribution in [2.45, 2.75) is 33.4 Å². The highest BCUT2D eigenvalue weighted by atomic mass is 32.1. The average molecular weight is 452 g/mol. The van der Waals surface area contributed by atoms with Gasteiger partial charge in [0.25, 0.3) is 11.6 Å². The van der Waals surface area contributed by atoms with E-state index in [1.165, 1.54) is 29.1 Å². The fraction of sp³-hybridized carbons (Fsp3) is 0.227. The molecule has 0 saturated heterocycles. The molecule has 4 rings (SSSR count). The molecule has 0 spiro atoms. The summed E-state index contributed by atoms with van der Waals surface area (Å²) in [5.41, 5.74) is 2.78. The summed E-state index contributed by atoms with van der Waals surface area (Å²) in [6.07, 6.45) is -0.762. The van der Waals surface area contributed by atoms with E-state index in [4.69, 9.17) is 9.15 Å². The van der Waals surface area contributed by atoms with Gasteiger partial charge in [-0.05, 0) is 50.4 Å². The molecule has 164 valence electrons. The number of ether oxygens (including phenoxy) is 1. The summed E-state index contributed by atoms with van der Waals surface area (Å²) in [5, 5.41) is 20.7. The number of thiophene rings is 1. The van der Waals surface area contributed by atoms with Crippen molar-refractivity contribution < 1.29 is 18.9 Å². The molecule has 0 aliphatic carbocycles. The molecule has 1 atom stereocenters. The van der Waals surface area contributed by atoms with Crippen LogP contribution in [0, 0.1) is 24.0 Å². The lowest BCUT2D eigenvalue weighted by molar-refractivity contribution is -0.384. The van der Waals surface area contributed by atoms with Crippen LogP contribution in [0.3, 0.4) is 0 Å². The summed E-state index contributed by atoms with van der Waals surface area (Å²) in [7, 11) is 0. The van der Waals surface area contributed by atoms with Crippen molar-refractivity contribution in [3.63, 3.8) is 0 Å². The van der Waals surface area contributed by atoms with E-state index >= 15 is 0 Å². The number of aryl methyl sites for hydroxylation is 1. The molecule has 0 radical (unpaired) electrons. The van der Waals surface area contributed by atoms with Crippen molar-refractivity contribution in [3.05, 3.63) is 85.7 Å². The number of hydrogen-bond acceptors (Lipinski definition) is 8. The van der Waals surface area contributed by atoms with Gasteiger partial charge in [0, 0.05) is 34.0 Å². The number of nitro groups is 1. The maximum absolute atomic E-state index is 12.8. The summed E-state index contributed by atoms with van der Waals surface area (Å²) >= 11 is 1.67. The molecule has 0 amide bonds. The molecule has 1 aromatic carbocycles. The molecule has 1 unspecified atom stereocenters. The number of non-ortho nitro benzene ring substituents is 1. The highest BCUT2D eigenvalue weighted by molar-refractivity contribution is 7.09. The van der Waals surface area contributed by atoms with E-state index in [0.717, 1.165) is 11.4 Å². The fourth-order valence-electron chi connectivity index (χ4n) is 3.33. The van der Waals surface area contributed by atoms with Crippen LogP contribution >= 0.6 is 11.3 Å². The summed E-state index contributed by atoms with van der Waals surface area (Å²) in [6.45, 7) is 6.19. The number of nitrogens with zero attached hydrogens (tertiary/aromatic N) is 4. The number of carbonyl (C=O) groups is 1. The van der Waals surface area contributed by atoms with Crippen LogP contribution in [0.1, 0.15) is 45.5 Å². The summed E-state index contributed by atoms with van der Waals surface area (Å²) < 4.78 is 13.3. The Labute approximate surface area is 187 Å². The van der Waals surface area contributed by atoms with Gasteiger partial charge in [-0.1, -0.05) is 6.07 Å². The summed E-state index contributed by atoms with van der Waals surface area (Å²) in [5.74, 6) is -0.149. The summed E-state index contributed by atoms with van der Waals surface area (Å²) in [6, 6.07) is 11.6. The Morgan fingerprint density at radius 1 is 1.25 bits per heavy atom. The lowest BCUT2D eigenvalue weighted by Gasteiger charge is -2.10. The van der Waals surface area contributed by atoms with Crippen LogP contribution in [0.25, 0.3) is 11.5 Å². The smallest absolute Gasteiger partial charge is 0.340 e. The topological polar surface area (TPSA) is 113 Å². The average Bonchev–Trinajstić information content (AvgIpc) is 3.52. The van der Waals surface area contributed by atoms with E-state index in [1.54, 1.807) is 18.3 Å². The van der Waals surface area contributed by atoms with Gasteiger partial charge in [0.1, 0.15) is 0 Å². The SMILES string of the molecule is Cc1cc(C(=O)OC(C)c2nnc(-c3ccc([N+](=O)[O-])cc3)o2)c(C)n1Cc1cccs1. The van der Waals surface area contributed by atoms with Crippen molar-refractivity contribution in [3.8, 4) is 11.5 Å². The Hall–Kier alpha value is -3.79. The molecule has 4 aromatic rings. The number of benzene rings is 1. The van der Waals surface area contributed by atoms with Gasteiger partial charge in [-0.25, -0.2) is 4.79 Å². The van der Waals surface area contributed by atoms with E-state index in [-0.39, 0.29) is 17.5 Å². The number of esters is 1. The van der Waals surface area contributed by atoms with Gasteiger partial charge < -0.3 is 13.7 Å². The van der Waals surface area contributed by atoms with Crippen LogP contribution in [0.2, 0.25) is 0 Å². The first-order valence-electron chi connectivity index (χ1n) is 9.82. The highest BCUT2D eigenvalue weighted by Crippen LogP contribution is 2.26. The predicted octanol–water partition coefficient (Wildman–Crippen LogP) is 5.09. The van der Waals surface area contributed by atoms with Crippen molar-refractivity contribution in [1.82, 2.24) is 14.8 Å². The lowest BCUT2D eigenvalue weighted by Crippen LogP contribution is -2.11. The molecule has 0 aliphatic rings. The molecule has 0 bridgehead atoms. The first kappa shape index (κ1) is 21.4. The molecule has 32 heavy (non-hydrogen) atoms. The van der Waals surface area contributed by atoms with Crippen molar-refractivity contribution in [2.24, 2.45) is 0 Å². The molecular weight excluding hydrogens is 432 g/mol. The zero-order chi connectivity index (χ0) is 22.8. The quantitative estimate of drug-likeness (QED) is 0.218. The van der Waals surface area contributed by atoms with E-state index in [0.29, 0.717) is 17.7 Å². The monoisotopic (exact) mass is 452 g/mol. The Morgan fingerprint density at radius 2 is 2.00 bits per heavy atom. The molecule has 0 saturated carbocycles. The molecule has 9 nitrogen and oxygen atoms in total. The Balaban J connectivity index is 1.47. The normalized spacial score (nSPS) is 12.0. The number of rotatable bonds is 7. The molecule has 3 aromatic heterocycles. The zero-order valence-electron chi connectivity index (χ0n) is 17.6. The Bertz CT molecular complexity index is 1260. The minimum atomic E-state index is -0.762. The van der Waals surface area contributed by atoms with Crippen LogP contribution in [-0.2, 0) is 11.3 Å². The van der Waals surface area contributed by atoms with E-state index in [9.17, 15) is 14.9 Å². The predicted molar refractivity (Wildman–Crippen MR) is 118 cm³/mol. The Kier molecular flexibility index (Phi) is 5.87. The molecule has 3 heterocycles. The largest absolute Gasteiger partial charge is 0.449 e. The minimum absolute atomic E-state index is 0.0348. The van der Waals surface area contributed by atoms with Crippen molar-refractivity contribution >= 4 is 23.0 Å². The van der Waals surface area contributed by atoms with E-state index in [1.807, 2.05) is 31.4 Å². The molecule has 10 heteroatoms. The van der Waals surface area contributed by atoms with E-state index < -0.39 is 17.0 Å². The van der Waals surface area contributed by atoms with Gasteiger partial charge in [0.15, 0.2) is 6.10 Å². The van der Waals surface area contributed by atoms with Gasteiger partial charge in [-0.15, -0.1) is 21.5 Å². The number of hydrogen-bond donors (Lipinski definition) is 0. The van der Waals surface area contributed by atoms with Crippen LogP contribution < -0.4 is 0 Å². The second-order valence-corrected chi connectivity index (χ2v) is 8.28. The fourth-order valence-corrected chi connectivity index (χ4v) is 4.02. The second kappa shape index (κ2) is 8.75. The van der Waals surface area contributed by atoms with Crippen molar-refractivity contribution in [1.29, 1.82) is 0 Å². The van der Waals surface area contributed by atoms with Gasteiger partial charge in [0.2, 0.25) is 5.89 Å². The van der Waals surface area contributed by atoms with Crippen LogP contribution in [-0.4, -0.2) is 25.7 Å². The van der Waals surface area contributed by atoms with Crippen LogP contribution in [0.4, 0.5) is 5.69 Å². The minimum Gasteiger partial charge on any atom is -0.449 e. The number of carbonyl (C=O) groups excluding carboxylic acids is 1. The molecule has 0 fully saturated rings. The molecule has 0 N–H and O–H groups in total. The first-order chi connectivity index (χ1) is 15.3. The lowest BCUT2D eigenvalue weighted by atomic mass is 10.2. The third-order valence-electron chi connectivity index (χ3n) is 5.08. The van der Waals surface area contributed by atoms with Gasteiger partial charge in [-0.3, -0.25) is 10.1 Å². The van der Waals surface area contributed by atoms with Crippen molar-refractivity contribution in [2.75, 3.05) is 0 Å². The third-order valence-corrected chi connectivity index (χ3v) is 5.95. The first-order valence-corrected chi connectivity index (χ1v) is 10.7. The van der Waals surface area contributed by atoms with Gasteiger partial charge in [-0.2, -0.15) is 0 Å². The zero-order valence-corrected chi connectivity index (χ0v) is 18.5. The number of aromatic nitrogens is 3. The maximum atomic E-state index is 12.8. The van der Waals surface area contributed by atoms with E-state index in [2.05, 4.69) is 20.8 Å².